The number of amides is 1. The van der Waals surface area contributed by atoms with E-state index in [9.17, 15) is 4.79 Å². The number of alkyl halides is 1. The zero-order chi connectivity index (χ0) is 17.1. The smallest absolute Gasteiger partial charge is 0.228 e. The minimum Gasteiger partial charge on any atom is -0.368 e. The Morgan fingerprint density at radius 1 is 0.960 bits per heavy atom. The third-order valence-corrected chi connectivity index (χ3v) is 7.57. The molecule has 5 aliphatic rings. The third-order valence-electron chi connectivity index (χ3n) is 7.13. The fourth-order valence-electron chi connectivity index (χ4n) is 6.54. The van der Waals surface area contributed by atoms with Crippen LogP contribution in [-0.2, 0) is 4.79 Å². The van der Waals surface area contributed by atoms with Crippen molar-refractivity contribution in [3.05, 3.63) is 30.3 Å². The van der Waals surface area contributed by atoms with Gasteiger partial charge in [-0.3, -0.25) is 4.79 Å². The summed E-state index contributed by atoms with van der Waals surface area (Å²) in [6, 6.07) is 10.5. The third kappa shape index (κ3) is 2.66. The van der Waals surface area contributed by atoms with Crippen LogP contribution in [0.25, 0.3) is 0 Å². The first-order valence-electron chi connectivity index (χ1n) is 9.84. The number of para-hydroxylation sites is 1. The van der Waals surface area contributed by atoms with Gasteiger partial charge in [0.25, 0.3) is 0 Å². The molecule has 4 heteroatoms. The van der Waals surface area contributed by atoms with E-state index in [4.69, 9.17) is 11.6 Å². The van der Waals surface area contributed by atoms with Crippen molar-refractivity contribution in [2.75, 3.05) is 31.1 Å². The highest BCUT2D eigenvalue weighted by atomic mass is 35.5. The van der Waals surface area contributed by atoms with Crippen molar-refractivity contribution in [1.29, 1.82) is 0 Å². The zero-order valence-corrected chi connectivity index (χ0v) is 15.5. The molecule has 1 heterocycles. The summed E-state index contributed by atoms with van der Waals surface area (Å²) in [4.78, 5) is 17.9. The van der Waals surface area contributed by atoms with Gasteiger partial charge >= 0.3 is 0 Å². The van der Waals surface area contributed by atoms with Crippen molar-refractivity contribution in [3.8, 4) is 0 Å². The summed E-state index contributed by atoms with van der Waals surface area (Å²) in [7, 11) is 0. The van der Waals surface area contributed by atoms with Gasteiger partial charge in [-0.1, -0.05) is 18.2 Å². The number of carbonyl (C=O) groups is 1. The van der Waals surface area contributed by atoms with Crippen LogP contribution in [0.1, 0.15) is 38.5 Å². The summed E-state index contributed by atoms with van der Waals surface area (Å²) in [5, 5.41) is 0. The molecule has 4 aliphatic carbocycles. The Bertz CT molecular complexity index is 654. The lowest BCUT2D eigenvalue weighted by Gasteiger charge is -2.60. The molecule has 4 atom stereocenters. The molecular weight excluding hydrogens is 332 g/mol. The molecule has 1 saturated heterocycles. The summed E-state index contributed by atoms with van der Waals surface area (Å²) in [6.45, 7) is 3.57. The summed E-state index contributed by atoms with van der Waals surface area (Å²) in [5.74, 6) is 1.79. The average Bonchev–Trinajstić information content (AvgIpc) is 2.60. The van der Waals surface area contributed by atoms with Crippen LogP contribution in [0, 0.1) is 17.3 Å². The normalized spacial score (nSPS) is 39.7. The highest BCUT2D eigenvalue weighted by molar-refractivity contribution is 6.24. The van der Waals surface area contributed by atoms with E-state index in [2.05, 4.69) is 40.1 Å². The fourth-order valence-corrected chi connectivity index (χ4v) is 7.24. The van der Waals surface area contributed by atoms with E-state index in [1.165, 1.54) is 12.1 Å². The molecule has 5 fully saturated rings. The van der Waals surface area contributed by atoms with Gasteiger partial charge in [-0.2, -0.15) is 0 Å². The van der Waals surface area contributed by atoms with E-state index < -0.39 is 0 Å². The van der Waals surface area contributed by atoms with E-state index in [-0.39, 0.29) is 10.3 Å². The Morgan fingerprint density at radius 2 is 1.60 bits per heavy atom. The number of nitrogens with zero attached hydrogens (tertiary/aromatic N) is 2. The summed E-state index contributed by atoms with van der Waals surface area (Å²) >= 11 is 6.93. The number of hydrogen-bond donors (Lipinski definition) is 0. The largest absolute Gasteiger partial charge is 0.368 e. The number of halogens is 1. The van der Waals surface area contributed by atoms with Crippen molar-refractivity contribution < 1.29 is 4.79 Å². The minimum atomic E-state index is -0.138. The molecule has 4 saturated carbocycles. The number of benzene rings is 1. The van der Waals surface area contributed by atoms with Crippen LogP contribution >= 0.6 is 11.6 Å². The predicted octanol–water partition coefficient (Wildman–Crippen LogP) is 3.91. The van der Waals surface area contributed by atoms with Crippen LogP contribution in [0.15, 0.2) is 30.3 Å². The maximum atomic E-state index is 13.5. The highest BCUT2D eigenvalue weighted by Gasteiger charge is 2.60. The van der Waals surface area contributed by atoms with E-state index in [1.807, 2.05) is 0 Å². The van der Waals surface area contributed by atoms with Gasteiger partial charge in [0.1, 0.15) is 0 Å². The van der Waals surface area contributed by atoms with Crippen molar-refractivity contribution in [2.24, 2.45) is 17.3 Å². The standard InChI is InChI=1S/C21H27ClN2O/c22-21-13-16-10-17(14-21)12-20(11-16,15-21)19(25)24-8-6-23(7-9-24)18-4-2-1-3-5-18/h1-5,16-17H,6-15H2/t16-,17+,20?,21?. The quantitative estimate of drug-likeness (QED) is 0.748. The first kappa shape index (κ1) is 16.0. The van der Waals surface area contributed by atoms with Crippen LogP contribution in [-0.4, -0.2) is 41.9 Å². The Balaban J connectivity index is 1.30. The van der Waals surface area contributed by atoms with Crippen LogP contribution in [0.5, 0.6) is 0 Å². The topological polar surface area (TPSA) is 23.6 Å². The number of anilines is 1. The lowest BCUT2D eigenvalue weighted by Crippen LogP contribution is -2.61. The maximum absolute atomic E-state index is 13.5. The molecule has 3 nitrogen and oxygen atoms in total. The van der Waals surface area contributed by atoms with Crippen LogP contribution in [0.4, 0.5) is 5.69 Å². The summed E-state index contributed by atoms with van der Waals surface area (Å²) < 4.78 is 0. The van der Waals surface area contributed by atoms with Gasteiger partial charge in [-0.25, -0.2) is 0 Å². The molecule has 25 heavy (non-hydrogen) atoms. The lowest BCUT2D eigenvalue weighted by atomic mass is 9.49. The highest BCUT2D eigenvalue weighted by Crippen LogP contribution is 2.64. The van der Waals surface area contributed by atoms with Gasteiger partial charge in [-0.15, -0.1) is 11.6 Å². The van der Waals surface area contributed by atoms with Crippen LogP contribution in [0.2, 0.25) is 0 Å². The first-order valence-corrected chi connectivity index (χ1v) is 10.2. The maximum Gasteiger partial charge on any atom is 0.228 e. The van der Waals surface area contributed by atoms with Crippen molar-refractivity contribution in [3.63, 3.8) is 0 Å². The van der Waals surface area contributed by atoms with Crippen molar-refractivity contribution >= 4 is 23.2 Å². The molecule has 0 radical (unpaired) electrons. The fraction of sp³-hybridized carbons (Fsp3) is 0.667. The molecule has 0 spiro atoms. The van der Waals surface area contributed by atoms with Crippen LogP contribution < -0.4 is 4.90 Å². The Hall–Kier alpha value is -1.22. The van der Waals surface area contributed by atoms with Crippen molar-refractivity contribution in [1.82, 2.24) is 4.90 Å². The van der Waals surface area contributed by atoms with Crippen LogP contribution in [0.3, 0.4) is 0 Å². The Kier molecular flexibility index (Phi) is 3.61. The predicted molar refractivity (Wildman–Crippen MR) is 101 cm³/mol. The number of carbonyl (C=O) groups excluding carboxylic acids is 1. The van der Waals surface area contributed by atoms with E-state index in [1.54, 1.807) is 0 Å². The van der Waals surface area contributed by atoms with Gasteiger partial charge in [0.05, 0.1) is 5.41 Å². The zero-order valence-electron chi connectivity index (χ0n) is 14.8. The monoisotopic (exact) mass is 358 g/mol. The average molecular weight is 359 g/mol. The summed E-state index contributed by atoms with van der Waals surface area (Å²) in [5.41, 5.74) is 1.13. The minimum absolute atomic E-state index is 0.0778. The molecule has 1 amide bonds. The van der Waals surface area contributed by atoms with E-state index in [0.717, 1.165) is 58.3 Å². The van der Waals surface area contributed by atoms with Gasteiger partial charge < -0.3 is 9.80 Å². The van der Waals surface area contributed by atoms with Crippen molar-refractivity contribution in [2.45, 2.75) is 43.4 Å². The SMILES string of the molecule is O=C(N1CCN(c2ccccc2)CC1)C12C[C@@H]3C[C@@H](CC(Cl)(C3)C1)C2. The molecule has 0 aromatic heterocycles. The second-order valence-corrected chi connectivity index (χ2v) is 9.81. The number of rotatable bonds is 2. The van der Waals surface area contributed by atoms with Gasteiger partial charge in [-0.05, 0) is 62.5 Å². The first-order chi connectivity index (χ1) is 12.1. The molecule has 1 aliphatic heterocycles. The van der Waals surface area contributed by atoms with Gasteiger partial charge in [0, 0.05) is 36.7 Å². The van der Waals surface area contributed by atoms with E-state index in [0.29, 0.717) is 17.7 Å². The molecule has 1 aromatic carbocycles. The number of piperazine rings is 1. The Labute approximate surface area is 155 Å². The number of hydrogen-bond acceptors (Lipinski definition) is 2. The molecular formula is C21H27ClN2O. The molecule has 134 valence electrons. The Morgan fingerprint density at radius 3 is 2.20 bits per heavy atom. The lowest BCUT2D eigenvalue weighted by molar-refractivity contribution is -0.156. The molecule has 6 rings (SSSR count). The van der Waals surface area contributed by atoms with Gasteiger partial charge in [0.15, 0.2) is 0 Å². The second-order valence-electron chi connectivity index (χ2n) is 9.01. The van der Waals surface area contributed by atoms with Gasteiger partial charge in [0.2, 0.25) is 5.91 Å². The molecule has 4 bridgehead atoms. The van der Waals surface area contributed by atoms with E-state index >= 15 is 0 Å². The molecule has 0 N–H and O–H groups in total. The molecule has 2 unspecified atom stereocenters. The second kappa shape index (κ2) is 5.64. The summed E-state index contributed by atoms with van der Waals surface area (Å²) in [6.07, 6.45) is 6.70. The molecule has 1 aromatic rings.